The Morgan fingerprint density at radius 2 is 1.96 bits per heavy atom. The second-order valence-electron chi connectivity index (χ2n) is 6.55. The summed E-state index contributed by atoms with van der Waals surface area (Å²) in [6.07, 6.45) is 3.52. The third-order valence-electron chi connectivity index (χ3n) is 4.65. The van der Waals surface area contributed by atoms with Crippen LogP contribution >= 0.6 is 0 Å². The van der Waals surface area contributed by atoms with Gasteiger partial charge in [-0.1, -0.05) is 12.1 Å². The zero-order valence-electron chi connectivity index (χ0n) is 15.3. The minimum atomic E-state index is -0.312. The standard InChI is InChI=1S/C19H21FN6O2/c20-15-3-1-14(2-4-15)11-17(27)21-5-6-26-19-16(12-24-26)18(22-13-23-19)25-7-9-28-10-8-25/h1-4,12-13H,5-11H2,(H,21,27). The number of morpholine rings is 1. The van der Waals surface area contributed by atoms with Crippen molar-refractivity contribution in [2.75, 3.05) is 37.7 Å². The molecule has 0 saturated carbocycles. The first-order valence-corrected chi connectivity index (χ1v) is 9.21. The molecule has 4 rings (SSSR count). The number of carbonyl (C=O) groups excluding carboxylic acids is 1. The number of carbonyl (C=O) groups is 1. The summed E-state index contributed by atoms with van der Waals surface area (Å²) in [7, 11) is 0. The molecular weight excluding hydrogens is 363 g/mol. The van der Waals surface area contributed by atoms with Gasteiger partial charge in [0, 0.05) is 19.6 Å². The fraction of sp³-hybridized carbons (Fsp3) is 0.368. The first kappa shape index (κ1) is 18.3. The highest BCUT2D eigenvalue weighted by Crippen LogP contribution is 2.23. The summed E-state index contributed by atoms with van der Waals surface area (Å²) >= 11 is 0. The predicted molar refractivity (Wildman–Crippen MR) is 101 cm³/mol. The molecule has 1 N–H and O–H groups in total. The van der Waals surface area contributed by atoms with E-state index >= 15 is 0 Å². The number of anilines is 1. The van der Waals surface area contributed by atoms with Crippen LogP contribution in [-0.4, -0.2) is 58.5 Å². The summed E-state index contributed by atoms with van der Waals surface area (Å²) in [6, 6.07) is 5.93. The summed E-state index contributed by atoms with van der Waals surface area (Å²) in [6.45, 7) is 3.86. The summed E-state index contributed by atoms with van der Waals surface area (Å²) in [5.41, 5.74) is 1.51. The molecule has 8 nitrogen and oxygen atoms in total. The molecule has 1 amide bonds. The molecule has 1 aliphatic heterocycles. The predicted octanol–water partition coefficient (Wildman–Crippen LogP) is 1.16. The summed E-state index contributed by atoms with van der Waals surface area (Å²) in [5.74, 6) is 0.430. The second kappa shape index (κ2) is 8.30. The molecule has 0 atom stereocenters. The van der Waals surface area contributed by atoms with Crippen LogP contribution in [0.1, 0.15) is 5.56 Å². The lowest BCUT2D eigenvalue weighted by atomic mass is 10.1. The molecule has 3 heterocycles. The maximum Gasteiger partial charge on any atom is 0.224 e. The van der Waals surface area contributed by atoms with Gasteiger partial charge in [0.25, 0.3) is 0 Å². The van der Waals surface area contributed by atoms with Gasteiger partial charge in [0.15, 0.2) is 5.65 Å². The summed E-state index contributed by atoms with van der Waals surface area (Å²) in [4.78, 5) is 23.0. The van der Waals surface area contributed by atoms with Gasteiger partial charge in [-0.15, -0.1) is 0 Å². The zero-order chi connectivity index (χ0) is 19.3. The Hall–Kier alpha value is -3.07. The minimum Gasteiger partial charge on any atom is -0.378 e. The number of ether oxygens (including phenoxy) is 1. The monoisotopic (exact) mass is 384 g/mol. The number of aromatic nitrogens is 4. The van der Waals surface area contributed by atoms with Gasteiger partial charge in [-0.25, -0.2) is 19.0 Å². The van der Waals surface area contributed by atoms with Gasteiger partial charge in [-0.3, -0.25) is 4.79 Å². The highest BCUT2D eigenvalue weighted by Gasteiger charge is 2.17. The van der Waals surface area contributed by atoms with E-state index in [1.807, 2.05) is 0 Å². The molecular formula is C19H21FN6O2. The van der Waals surface area contributed by atoms with Crippen LogP contribution in [0.15, 0.2) is 36.8 Å². The van der Waals surface area contributed by atoms with Gasteiger partial charge in [-0.2, -0.15) is 5.10 Å². The Kier molecular flexibility index (Phi) is 5.43. The van der Waals surface area contributed by atoms with Crippen LogP contribution in [-0.2, 0) is 22.5 Å². The Morgan fingerprint density at radius 3 is 2.75 bits per heavy atom. The Morgan fingerprint density at radius 1 is 1.18 bits per heavy atom. The van der Waals surface area contributed by atoms with Crippen LogP contribution < -0.4 is 10.2 Å². The van der Waals surface area contributed by atoms with Crippen molar-refractivity contribution in [1.29, 1.82) is 0 Å². The van der Waals surface area contributed by atoms with Crippen LogP contribution in [0, 0.1) is 5.82 Å². The molecule has 9 heteroatoms. The number of hydrogen-bond acceptors (Lipinski definition) is 6. The molecule has 1 aromatic carbocycles. The van der Waals surface area contributed by atoms with Crippen molar-refractivity contribution in [2.45, 2.75) is 13.0 Å². The van der Waals surface area contributed by atoms with E-state index in [4.69, 9.17) is 4.74 Å². The van der Waals surface area contributed by atoms with Crippen LogP contribution in [0.2, 0.25) is 0 Å². The van der Waals surface area contributed by atoms with Crippen molar-refractivity contribution in [3.63, 3.8) is 0 Å². The van der Waals surface area contributed by atoms with Gasteiger partial charge in [0.05, 0.1) is 37.8 Å². The van der Waals surface area contributed by atoms with E-state index in [2.05, 4.69) is 25.3 Å². The van der Waals surface area contributed by atoms with E-state index in [1.54, 1.807) is 29.3 Å². The number of halogens is 1. The number of benzene rings is 1. The Bertz CT molecular complexity index is 953. The minimum absolute atomic E-state index is 0.119. The third kappa shape index (κ3) is 4.09. The fourth-order valence-electron chi connectivity index (χ4n) is 3.22. The average molecular weight is 384 g/mol. The molecule has 3 aromatic rings. The zero-order valence-corrected chi connectivity index (χ0v) is 15.3. The molecule has 28 heavy (non-hydrogen) atoms. The van der Waals surface area contributed by atoms with E-state index in [1.165, 1.54) is 12.1 Å². The van der Waals surface area contributed by atoms with E-state index in [-0.39, 0.29) is 18.1 Å². The third-order valence-corrected chi connectivity index (χ3v) is 4.65. The molecule has 0 spiro atoms. The Balaban J connectivity index is 1.37. The SMILES string of the molecule is O=C(Cc1ccc(F)cc1)NCCn1ncc2c(N3CCOCC3)ncnc21. The molecule has 0 unspecified atom stereocenters. The van der Waals surface area contributed by atoms with Crippen molar-refractivity contribution in [1.82, 2.24) is 25.1 Å². The van der Waals surface area contributed by atoms with E-state index in [9.17, 15) is 9.18 Å². The number of rotatable bonds is 6. The van der Waals surface area contributed by atoms with Crippen molar-refractivity contribution in [3.8, 4) is 0 Å². The largest absolute Gasteiger partial charge is 0.378 e. The number of hydrogen-bond donors (Lipinski definition) is 1. The van der Waals surface area contributed by atoms with Crippen molar-refractivity contribution >= 4 is 22.8 Å². The van der Waals surface area contributed by atoms with E-state index in [0.29, 0.717) is 26.3 Å². The van der Waals surface area contributed by atoms with E-state index < -0.39 is 0 Å². The molecule has 1 aliphatic rings. The molecule has 0 radical (unpaired) electrons. The fourth-order valence-corrected chi connectivity index (χ4v) is 3.22. The lowest BCUT2D eigenvalue weighted by Crippen LogP contribution is -2.36. The quantitative estimate of drug-likeness (QED) is 0.687. The van der Waals surface area contributed by atoms with Gasteiger partial charge in [-0.05, 0) is 17.7 Å². The number of nitrogens with one attached hydrogen (secondary N) is 1. The molecule has 0 aliphatic carbocycles. The maximum absolute atomic E-state index is 12.9. The second-order valence-corrected chi connectivity index (χ2v) is 6.55. The van der Waals surface area contributed by atoms with Crippen LogP contribution in [0.3, 0.4) is 0 Å². The van der Waals surface area contributed by atoms with E-state index in [0.717, 1.165) is 35.5 Å². The molecule has 1 fully saturated rings. The maximum atomic E-state index is 12.9. The smallest absolute Gasteiger partial charge is 0.224 e. The van der Waals surface area contributed by atoms with Crippen molar-refractivity contribution < 1.29 is 13.9 Å². The van der Waals surface area contributed by atoms with Crippen molar-refractivity contribution in [3.05, 3.63) is 48.2 Å². The van der Waals surface area contributed by atoms with Crippen LogP contribution in [0.5, 0.6) is 0 Å². The molecule has 146 valence electrons. The Labute approximate surface area is 161 Å². The molecule has 0 bridgehead atoms. The van der Waals surface area contributed by atoms with Crippen LogP contribution in [0.25, 0.3) is 11.0 Å². The number of fused-ring (bicyclic) bond motifs is 1. The summed E-state index contributed by atoms with van der Waals surface area (Å²) < 4.78 is 20.1. The normalized spacial score (nSPS) is 14.4. The lowest BCUT2D eigenvalue weighted by Gasteiger charge is -2.27. The number of amides is 1. The first-order chi connectivity index (χ1) is 13.7. The molecule has 1 saturated heterocycles. The van der Waals surface area contributed by atoms with Gasteiger partial charge < -0.3 is 15.0 Å². The summed E-state index contributed by atoms with van der Waals surface area (Å²) in [5, 5.41) is 8.16. The highest BCUT2D eigenvalue weighted by molar-refractivity contribution is 5.86. The number of nitrogens with zero attached hydrogens (tertiary/aromatic N) is 5. The van der Waals surface area contributed by atoms with Gasteiger partial charge in [0.2, 0.25) is 5.91 Å². The van der Waals surface area contributed by atoms with Gasteiger partial charge in [0.1, 0.15) is 18.0 Å². The highest BCUT2D eigenvalue weighted by atomic mass is 19.1. The molecule has 2 aromatic heterocycles. The van der Waals surface area contributed by atoms with Gasteiger partial charge >= 0.3 is 0 Å². The first-order valence-electron chi connectivity index (χ1n) is 9.21. The lowest BCUT2D eigenvalue weighted by molar-refractivity contribution is -0.120. The average Bonchev–Trinajstić information content (AvgIpc) is 3.14. The van der Waals surface area contributed by atoms with Crippen molar-refractivity contribution in [2.24, 2.45) is 0 Å². The van der Waals surface area contributed by atoms with Crippen LogP contribution in [0.4, 0.5) is 10.2 Å². The topological polar surface area (TPSA) is 85.2 Å².